The highest BCUT2D eigenvalue weighted by atomic mass is 16.5. The number of nitrogens with one attached hydrogen (secondary N) is 1. The molecule has 0 unspecified atom stereocenters. The van der Waals surface area contributed by atoms with Gasteiger partial charge < -0.3 is 24.6 Å². The van der Waals surface area contributed by atoms with Gasteiger partial charge in [0, 0.05) is 6.54 Å². The largest absolute Gasteiger partial charge is 0.504 e. The molecule has 0 saturated carbocycles. The van der Waals surface area contributed by atoms with Gasteiger partial charge in [-0.3, -0.25) is 4.79 Å². The van der Waals surface area contributed by atoms with Gasteiger partial charge in [-0.05, 0) is 41.8 Å². The molecule has 0 saturated heterocycles. The van der Waals surface area contributed by atoms with Gasteiger partial charge in [0.2, 0.25) is 5.91 Å². The number of carbonyl (C=O) groups excluding carboxylic acids is 1. The van der Waals surface area contributed by atoms with Gasteiger partial charge in [-0.25, -0.2) is 0 Å². The lowest BCUT2D eigenvalue weighted by Crippen LogP contribution is -2.27. The van der Waals surface area contributed by atoms with Crippen LogP contribution in [0.15, 0.2) is 36.4 Å². The molecule has 2 aromatic carbocycles. The minimum atomic E-state index is -0.0787. The maximum absolute atomic E-state index is 12.1. The van der Waals surface area contributed by atoms with Crippen LogP contribution in [-0.4, -0.2) is 38.9 Å². The van der Waals surface area contributed by atoms with Gasteiger partial charge in [0.1, 0.15) is 0 Å². The normalized spacial score (nSPS) is 10.2. The van der Waals surface area contributed by atoms with E-state index in [1.807, 2.05) is 12.1 Å². The topological polar surface area (TPSA) is 77.0 Å². The van der Waals surface area contributed by atoms with Crippen molar-refractivity contribution in [1.82, 2.24) is 5.32 Å². The van der Waals surface area contributed by atoms with Crippen molar-refractivity contribution < 1.29 is 24.1 Å². The molecular weight excluding hydrogens is 322 g/mol. The fraction of sp³-hybridized carbons (Fsp3) is 0.316. The van der Waals surface area contributed by atoms with E-state index in [1.165, 1.54) is 7.11 Å². The number of benzene rings is 2. The summed E-state index contributed by atoms with van der Waals surface area (Å²) in [6, 6.07) is 10.6. The highest BCUT2D eigenvalue weighted by Crippen LogP contribution is 2.28. The highest BCUT2D eigenvalue weighted by molar-refractivity contribution is 5.78. The van der Waals surface area contributed by atoms with Gasteiger partial charge in [-0.2, -0.15) is 0 Å². The average Bonchev–Trinajstić information content (AvgIpc) is 2.61. The first-order valence-electron chi connectivity index (χ1n) is 7.91. The third-order valence-corrected chi connectivity index (χ3v) is 3.79. The van der Waals surface area contributed by atoms with Crippen LogP contribution in [0.2, 0.25) is 0 Å². The lowest BCUT2D eigenvalue weighted by Gasteiger charge is -2.10. The lowest BCUT2D eigenvalue weighted by molar-refractivity contribution is -0.120. The zero-order valence-corrected chi connectivity index (χ0v) is 14.7. The number of hydrogen-bond acceptors (Lipinski definition) is 5. The maximum atomic E-state index is 12.1. The van der Waals surface area contributed by atoms with Crippen molar-refractivity contribution in [2.24, 2.45) is 0 Å². The van der Waals surface area contributed by atoms with Crippen LogP contribution in [0.25, 0.3) is 0 Å². The number of aromatic hydroxyl groups is 1. The Kier molecular flexibility index (Phi) is 6.51. The smallest absolute Gasteiger partial charge is 0.224 e. The van der Waals surface area contributed by atoms with Crippen LogP contribution in [0, 0.1) is 0 Å². The zero-order valence-electron chi connectivity index (χ0n) is 14.7. The summed E-state index contributed by atoms with van der Waals surface area (Å²) in [6.45, 7) is 0.484. The second kappa shape index (κ2) is 8.82. The number of ether oxygens (including phenoxy) is 3. The molecule has 0 heterocycles. The monoisotopic (exact) mass is 345 g/mol. The first-order valence-corrected chi connectivity index (χ1v) is 7.91. The molecule has 134 valence electrons. The molecule has 0 aromatic heterocycles. The van der Waals surface area contributed by atoms with E-state index in [1.54, 1.807) is 38.5 Å². The summed E-state index contributed by atoms with van der Waals surface area (Å²) in [4.78, 5) is 12.1. The lowest BCUT2D eigenvalue weighted by atomic mass is 10.1. The summed E-state index contributed by atoms with van der Waals surface area (Å²) in [5, 5.41) is 12.6. The van der Waals surface area contributed by atoms with Gasteiger partial charge >= 0.3 is 0 Å². The van der Waals surface area contributed by atoms with E-state index in [9.17, 15) is 9.90 Å². The molecule has 0 fully saturated rings. The molecule has 2 N–H and O–H groups in total. The second-order valence-corrected chi connectivity index (χ2v) is 5.47. The van der Waals surface area contributed by atoms with Crippen molar-refractivity contribution in [1.29, 1.82) is 0 Å². The Morgan fingerprint density at radius 2 is 1.56 bits per heavy atom. The molecule has 0 bridgehead atoms. The van der Waals surface area contributed by atoms with Crippen molar-refractivity contribution in [3.8, 4) is 23.0 Å². The van der Waals surface area contributed by atoms with Crippen LogP contribution in [0.3, 0.4) is 0 Å². The minimum absolute atomic E-state index is 0.0787. The number of amides is 1. The van der Waals surface area contributed by atoms with E-state index < -0.39 is 0 Å². The number of phenolic OH excluding ortho intramolecular Hbond substituents is 1. The fourth-order valence-corrected chi connectivity index (χ4v) is 2.48. The molecule has 0 aliphatic carbocycles. The molecule has 6 nitrogen and oxygen atoms in total. The van der Waals surface area contributed by atoms with Gasteiger partial charge in [0.25, 0.3) is 0 Å². The molecule has 1 amide bonds. The average molecular weight is 345 g/mol. The van der Waals surface area contributed by atoms with Crippen LogP contribution in [0.5, 0.6) is 23.0 Å². The number of phenols is 1. The standard InChI is InChI=1S/C19H23NO5/c1-23-16-6-4-13(10-15(16)21)8-9-20-19(22)12-14-5-7-17(24-2)18(11-14)25-3/h4-7,10-11,21H,8-9,12H2,1-3H3,(H,20,22). The molecule has 0 atom stereocenters. The van der Waals surface area contributed by atoms with Crippen LogP contribution in [0.4, 0.5) is 0 Å². The van der Waals surface area contributed by atoms with Crippen LogP contribution < -0.4 is 19.5 Å². The number of methoxy groups -OCH3 is 3. The summed E-state index contributed by atoms with van der Waals surface area (Å²) in [7, 11) is 4.64. The Balaban J connectivity index is 1.85. The van der Waals surface area contributed by atoms with Gasteiger partial charge in [0.15, 0.2) is 23.0 Å². The zero-order chi connectivity index (χ0) is 18.2. The molecule has 0 spiro atoms. The number of carbonyl (C=O) groups is 1. The third-order valence-electron chi connectivity index (χ3n) is 3.79. The van der Waals surface area contributed by atoms with Gasteiger partial charge in [0.05, 0.1) is 27.8 Å². The van der Waals surface area contributed by atoms with Crippen molar-refractivity contribution in [3.63, 3.8) is 0 Å². The van der Waals surface area contributed by atoms with E-state index in [2.05, 4.69) is 5.32 Å². The van der Waals surface area contributed by atoms with E-state index in [-0.39, 0.29) is 18.1 Å². The molecule has 0 radical (unpaired) electrons. The van der Waals surface area contributed by atoms with Crippen molar-refractivity contribution in [2.45, 2.75) is 12.8 Å². The molecule has 25 heavy (non-hydrogen) atoms. The Morgan fingerprint density at radius 1 is 0.920 bits per heavy atom. The third kappa shape index (κ3) is 5.04. The second-order valence-electron chi connectivity index (χ2n) is 5.47. The molecule has 2 rings (SSSR count). The van der Waals surface area contributed by atoms with Crippen LogP contribution in [0.1, 0.15) is 11.1 Å². The van der Waals surface area contributed by atoms with E-state index in [4.69, 9.17) is 14.2 Å². The van der Waals surface area contributed by atoms with E-state index >= 15 is 0 Å². The summed E-state index contributed by atoms with van der Waals surface area (Å²) in [5.41, 5.74) is 1.77. The van der Waals surface area contributed by atoms with Crippen LogP contribution >= 0.6 is 0 Å². The van der Waals surface area contributed by atoms with Gasteiger partial charge in [-0.15, -0.1) is 0 Å². The first-order chi connectivity index (χ1) is 12.1. The molecule has 2 aromatic rings. The Morgan fingerprint density at radius 3 is 2.20 bits per heavy atom. The summed E-state index contributed by atoms with van der Waals surface area (Å²) >= 11 is 0. The predicted molar refractivity (Wildman–Crippen MR) is 94.6 cm³/mol. The van der Waals surface area contributed by atoms with E-state index in [0.717, 1.165) is 11.1 Å². The Labute approximate surface area is 147 Å². The van der Waals surface area contributed by atoms with Gasteiger partial charge in [-0.1, -0.05) is 12.1 Å². The summed E-state index contributed by atoms with van der Waals surface area (Å²) in [5.74, 6) is 1.68. The summed E-state index contributed by atoms with van der Waals surface area (Å²) in [6.07, 6.45) is 0.878. The SMILES string of the molecule is COc1ccc(CCNC(=O)Cc2ccc(OC)c(OC)c2)cc1O. The van der Waals surface area contributed by atoms with Crippen molar-refractivity contribution in [3.05, 3.63) is 47.5 Å². The number of rotatable bonds is 8. The number of hydrogen-bond donors (Lipinski definition) is 2. The van der Waals surface area contributed by atoms with Crippen molar-refractivity contribution in [2.75, 3.05) is 27.9 Å². The Hall–Kier alpha value is -2.89. The molecular formula is C19H23NO5. The quantitative estimate of drug-likeness (QED) is 0.768. The minimum Gasteiger partial charge on any atom is -0.504 e. The van der Waals surface area contributed by atoms with Crippen LogP contribution in [-0.2, 0) is 17.6 Å². The molecule has 0 aliphatic heterocycles. The van der Waals surface area contributed by atoms with Crippen molar-refractivity contribution >= 4 is 5.91 Å². The first kappa shape index (κ1) is 18.4. The fourth-order valence-electron chi connectivity index (χ4n) is 2.48. The molecule has 0 aliphatic rings. The Bertz CT molecular complexity index is 730. The van der Waals surface area contributed by atoms with E-state index in [0.29, 0.717) is 30.2 Å². The predicted octanol–water partition coefficient (Wildman–Crippen LogP) is 2.32. The molecule has 6 heteroatoms. The highest BCUT2D eigenvalue weighted by Gasteiger charge is 2.08. The maximum Gasteiger partial charge on any atom is 0.224 e. The summed E-state index contributed by atoms with van der Waals surface area (Å²) < 4.78 is 15.4.